The number of carbonyl (C=O) groups excluding carboxylic acids is 2. The summed E-state index contributed by atoms with van der Waals surface area (Å²) in [6.45, 7) is 0. The highest BCUT2D eigenvalue weighted by molar-refractivity contribution is 14.1. The maximum atomic E-state index is 17.4. The van der Waals surface area contributed by atoms with Gasteiger partial charge in [-0.25, -0.2) is 28.3 Å². The number of methoxy groups -OCH3 is 1. The molecule has 1 fully saturated rings. The smallest absolute Gasteiger partial charge is 0.339 e. The largest absolute Gasteiger partial charge is 0.497 e. The summed E-state index contributed by atoms with van der Waals surface area (Å²) < 4.78 is 58.6. The van der Waals surface area contributed by atoms with Crippen LogP contribution in [0.15, 0.2) is 158 Å². The fraction of sp³-hybridized carbons (Fsp3) is 0.149. The number of fused-ring (bicyclic) bond motifs is 1. The monoisotopic (exact) mass is 916 g/mol. The highest BCUT2D eigenvalue weighted by Crippen LogP contribution is 2.52. The minimum absolute atomic E-state index is 0.0535. The first-order valence-electron chi connectivity index (χ1n) is 18.7. The lowest BCUT2D eigenvalue weighted by molar-refractivity contribution is -0.168. The van der Waals surface area contributed by atoms with E-state index in [-0.39, 0.29) is 28.0 Å². The van der Waals surface area contributed by atoms with Crippen LogP contribution in [0.3, 0.4) is 0 Å². The van der Waals surface area contributed by atoms with E-state index in [1.54, 1.807) is 66.1 Å². The van der Waals surface area contributed by atoms with E-state index in [0.29, 0.717) is 5.75 Å². The van der Waals surface area contributed by atoms with Gasteiger partial charge in [-0.2, -0.15) is 0 Å². The quantitative estimate of drug-likeness (QED) is 0.0422. The third-order valence-corrected chi connectivity index (χ3v) is 11.5. The molecule has 2 aromatic heterocycles. The number of hydrogen-bond acceptors (Lipinski definition) is 9. The van der Waals surface area contributed by atoms with Crippen molar-refractivity contribution in [1.29, 1.82) is 0 Å². The van der Waals surface area contributed by atoms with Gasteiger partial charge in [-0.3, -0.25) is 4.57 Å². The molecular weight excluding hydrogens is 881 g/mol. The number of aromatic nitrogens is 3. The normalized spacial score (nSPS) is 19.9. The van der Waals surface area contributed by atoms with Gasteiger partial charge in [-0.05, 0) is 59.0 Å². The van der Waals surface area contributed by atoms with Gasteiger partial charge in [0.15, 0.2) is 17.7 Å². The minimum atomic E-state index is -2.86. The molecule has 0 amide bonds. The topological polar surface area (TPSA) is 114 Å². The second kappa shape index (κ2) is 16.6. The van der Waals surface area contributed by atoms with Crippen LogP contribution < -0.4 is 10.1 Å². The van der Waals surface area contributed by atoms with E-state index in [9.17, 15) is 9.59 Å². The van der Waals surface area contributed by atoms with Crippen molar-refractivity contribution < 1.29 is 37.3 Å². The number of anilines is 1. The first kappa shape index (κ1) is 40.2. The molecule has 7 aromatic rings. The number of hydrogen-bond donors (Lipinski definition) is 1. The van der Waals surface area contributed by atoms with Crippen LogP contribution in [-0.2, 0) is 19.7 Å². The van der Waals surface area contributed by atoms with E-state index in [2.05, 4.69) is 21.2 Å². The Morgan fingerprint density at radius 1 is 0.833 bits per heavy atom. The second-order valence-corrected chi connectivity index (χ2v) is 14.6. The Morgan fingerprint density at radius 2 is 1.37 bits per heavy atom. The SMILES string of the molecule is C#C[C@]1(OC(=O)c2ccccc2)[C@H](n2cc(F)c3c(NC(c4ccccc4)(c4ccccc4)c4ccc(OC)cc4)ncnc32)O[C@](F)(CI)[C@H]1OC(=O)c1ccccc1. The number of halogens is 3. The second-order valence-electron chi connectivity index (χ2n) is 13.9. The number of nitrogens with one attached hydrogen (secondary N) is 1. The lowest BCUT2D eigenvalue weighted by Gasteiger charge is -2.37. The predicted molar refractivity (Wildman–Crippen MR) is 229 cm³/mol. The fourth-order valence-corrected chi connectivity index (χ4v) is 8.15. The predicted octanol–water partition coefficient (Wildman–Crippen LogP) is 9.07. The van der Waals surface area contributed by atoms with Gasteiger partial charge in [0.1, 0.15) is 23.4 Å². The molecule has 13 heteroatoms. The molecule has 0 bridgehead atoms. The van der Waals surface area contributed by atoms with E-state index < -0.39 is 51.5 Å². The number of benzene rings is 5. The van der Waals surface area contributed by atoms with Crippen molar-refractivity contribution in [1.82, 2.24) is 14.5 Å². The van der Waals surface area contributed by atoms with Crippen molar-refractivity contribution in [2.24, 2.45) is 0 Å². The summed E-state index contributed by atoms with van der Waals surface area (Å²) >= 11 is 1.73. The maximum absolute atomic E-state index is 17.4. The Kier molecular flexibility index (Phi) is 11.1. The number of carbonyl (C=O) groups is 2. The van der Waals surface area contributed by atoms with Gasteiger partial charge in [0.25, 0.3) is 11.5 Å². The summed E-state index contributed by atoms with van der Waals surface area (Å²) in [5, 5.41) is 3.46. The van der Waals surface area contributed by atoms with Gasteiger partial charge in [-0.1, -0.05) is 132 Å². The zero-order valence-electron chi connectivity index (χ0n) is 31.9. The van der Waals surface area contributed by atoms with Gasteiger partial charge in [0.2, 0.25) is 6.10 Å². The van der Waals surface area contributed by atoms with Crippen LogP contribution in [0.1, 0.15) is 43.6 Å². The van der Waals surface area contributed by atoms with E-state index in [4.69, 9.17) is 25.4 Å². The van der Waals surface area contributed by atoms with E-state index in [1.807, 2.05) is 84.9 Å². The zero-order valence-corrected chi connectivity index (χ0v) is 34.0. The first-order chi connectivity index (χ1) is 29.2. The van der Waals surface area contributed by atoms with Gasteiger partial charge >= 0.3 is 11.9 Å². The molecule has 1 saturated heterocycles. The van der Waals surface area contributed by atoms with E-state index in [0.717, 1.165) is 27.5 Å². The molecule has 0 radical (unpaired) electrons. The summed E-state index contributed by atoms with van der Waals surface area (Å²) in [5.74, 6) is -2.52. The summed E-state index contributed by atoms with van der Waals surface area (Å²) in [7, 11) is 1.58. The lowest BCUT2D eigenvalue weighted by Crippen LogP contribution is -2.54. The van der Waals surface area contributed by atoms with E-state index in [1.165, 1.54) is 30.6 Å². The van der Waals surface area contributed by atoms with Crippen LogP contribution in [0.2, 0.25) is 0 Å². The molecule has 300 valence electrons. The van der Waals surface area contributed by atoms with Crippen molar-refractivity contribution in [2.45, 2.75) is 29.3 Å². The molecule has 0 unspecified atom stereocenters. The average molecular weight is 917 g/mol. The van der Waals surface area contributed by atoms with Gasteiger partial charge in [0.05, 0.1) is 28.1 Å². The minimum Gasteiger partial charge on any atom is -0.497 e. The molecule has 0 aliphatic carbocycles. The Bertz CT molecular complexity index is 2640. The number of esters is 2. The standard InChI is InChI=1S/C47H35F2IN4O6/c1-3-45(59-42(56)32-18-10-5-11-19-32)43(58-41(55)31-16-8-4-9-17-31)46(49,29-50)60-44(45)54-28-37(48)38-39(51-30-52-40(38)54)53-47(33-20-12-6-13-21-33,34-22-14-7-15-23-34)35-24-26-36(57-2)27-25-35/h1,4-28,30,43-44H,29H2,2H3,(H,51,52,53)/t43-,44+,45+,46+/m0/s1. The Hall–Kier alpha value is -6.63. The molecule has 1 N–H and O–H groups in total. The summed E-state index contributed by atoms with van der Waals surface area (Å²) in [5.41, 5.74) is -1.31. The van der Waals surface area contributed by atoms with Crippen molar-refractivity contribution in [3.8, 4) is 18.1 Å². The van der Waals surface area contributed by atoms with Crippen molar-refractivity contribution >= 4 is 51.4 Å². The molecule has 8 rings (SSSR count). The molecule has 4 atom stereocenters. The molecule has 1 aliphatic rings. The Balaban J connectivity index is 1.31. The highest BCUT2D eigenvalue weighted by atomic mass is 127. The molecule has 5 aromatic carbocycles. The van der Waals surface area contributed by atoms with Crippen LogP contribution in [-0.4, -0.2) is 55.6 Å². The molecule has 0 spiro atoms. The third-order valence-electron chi connectivity index (χ3n) is 10.4. The first-order valence-corrected chi connectivity index (χ1v) is 20.2. The molecule has 0 saturated carbocycles. The Labute approximate surface area is 357 Å². The van der Waals surface area contributed by atoms with Crippen LogP contribution >= 0.6 is 22.6 Å². The summed E-state index contributed by atoms with van der Waals surface area (Å²) in [4.78, 5) is 36.6. The van der Waals surface area contributed by atoms with Gasteiger partial charge < -0.3 is 24.3 Å². The number of ether oxygens (including phenoxy) is 4. The molecular formula is C47H35F2IN4O6. The van der Waals surface area contributed by atoms with Gasteiger partial charge in [-0.15, -0.1) is 6.42 Å². The van der Waals surface area contributed by atoms with Crippen LogP contribution in [0, 0.1) is 18.2 Å². The van der Waals surface area contributed by atoms with Crippen molar-refractivity contribution in [3.05, 3.63) is 192 Å². The highest BCUT2D eigenvalue weighted by Gasteiger charge is 2.70. The zero-order chi connectivity index (χ0) is 41.9. The maximum Gasteiger partial charge on any atom is 0.339 e. The number of rotatable bonds is 12. The number of alkyl halides is 2. The molecule has 10 nitrogen and oxygen atoms in total. The third kappa shape index (κ3) is 7.01. The Morgan fingerprint density at radius 3 is 1.90 bits per heavy atom. The molecule has 1 aliphatic heterocycles. The summed E-state index contributed by atoms with van der Waals surface area (Å²) in [6, 6.07) is 42.4. The van der Waals surface area contributed by atoms with Gasteiger partial charge in [0, 0.05) is 6.20 Å². The summed E-state index contributed by atoms with van der Waals surface area (Å²) in [6.07, 6.45) is 4.62. The fourth-order valence-electron chi connectivity index (χ4n) is 7.57. The lowest BCUT2D eigenvalue weighted by atomic mass is 9.77. The van der Waals surface area contributed by atoms with Crippen LogP contribution in [0.5, 0.6) is 5.75 Å². The molecule has 60 heavy (non-hydrogen) atoms. The number of terminal acetylenes is 1. The van der Waals surface area contributed by atoms with E-state index >= 15 is 8.78 Å². The van der Waals surface area contributed by atoms with Crippen LogP contribution in [0.4, 0.5) is 14.6 Å². The number of nitrogens with zero attached hydrogens (tertiary/aromatic N) is 3. The molecule has 3 heterocycles. The van der Waals surface area contributed by atoms with Crippen molar-refractivity contribution in [2.75, 3.05) is 16.9 Å². The van der Waals surface area contributed by atoms with Crippen LogP contribution in [0.25, 0.3) is 11.0 Å². The average Bonchev–Trinajstić information content (AvgIpc) is 3.77. The van der Waals surface area contributed by atoms with Crippen molar-refractivity contribution in [3.63, 3.8) is 0 Å².